The van der Waals surface area contributed by atoms with Gasteiger partial charge in [0.2, 0.25) is 15.9 Å². The molecule has 8 heteroatoms. The summed E-state index contributed by atoms with van der Waals surface area (Å²) in [6, 6.07) is 14.4. The average molecular weight is 525 g/mol. The summed E-state index contributed by atoms with van der Waals surface area (Å²) in [5, 5.41) is 2.04. The monoisotopic (exact) mass is 524 g/mol. The van der Waals surface area contributed by atoms with Crippen LogP contribution >= 0.6 is 11.3 Å². The Balaban J connectivity index is 1.57. The zero-order valence-corrected chi connectivity index (χ0v) is 22.6. The Bertz CT molecular complexity index is 1350. The van der Waals surface area contributed by atoms with Crippen LogP contribution in [-0.4, -0.2) is 49.8 Å². The molecule has 0 N–H and O–H groups in total. The summed E-state index contributed by atoms with van der Waals surface area (Å²) in [6.45, 7) is 10.2. The Hall–Kier alpha value is -2.94. The number of hydrogen-bond donors (Lipinski definition) is 0. The maximum Gasteiger partial charge on any atom is 0.243 e. The number of carbonyl (C=O) groups is 1. The molecule has 4 rings (SSSR count). The third-order valence-electron chi connectivity index (χ3n) is 6.45. The van der Waals surface area contributed by atoms with Crippen LogP contribution in [0, 0.1) is 20.8 Å². The molecule has 190 valence electrons. The second-order valence-corrected chi connectivity index (χ2v) is 12.1. The zero-order valence-electron chi connectivity index (χ0n) is 20.9. The molecule has 0 saturated heterocycles. The van der Waals surface area contributed by atoms with Gasteiger partial charge in [-0.25, -0.2) is 8.42 Å². The van der Waals surface area contributed by atoms with E-state index in [1.54, 1.807) is 40.5 Å². The number of benzene rings is 2. The number of thiophene rings is 1. The zero-order chi connectivity index (χ0) is 25.9. The van der Waals surface area contributed by atoms with Gasteiger partial charge in [0.25, 0.3) is 0 Å². The summed E-state index contributed by atoms with van der Waals surface area (Å²) < 4.78 is 34.1. The highest BCUT2D eigenvalue weighted by molar-refractivity contribution is 7.89. The van der Waals surface area contributed by atoms with E-state index in [4.69, 9.17) is 4.74 Å². The highest BCUT2D eigenvalue weighted by atomic mass is 32.2. The number of aryl methyl sites for hydroxylation is 3. The second-order valence-electron chi connectivity index (χ2n) is 9.13. The maximum atomic E-state index is 13.6. The molecule has 36 heavy (non-hydrogen) atoms. The number of hydrogen-bond acceptors (Lipinski definition) is 5. The van der Waals surface area contributed by atoms with Gasteiger partial charge in [0, 0.05) is 18.0 Å². The van der Waals surface area contributed by atoms with Crippen molar-refractivity contribution in [3.8, 4) is 5.75 Å². The van der Waals surface area contributed by atoms with Crippen LogP contribution in [0.2, 0.25) is 0 Å². The molecule has 0 fully saturated rings. The molecule has 0 aliphatic carbocycles. The number of ether oxygens (including phenoxy) is 1. The molecule has 2 heterocycles. The summed E-state index contributed by atoms with van der Waals surface area (Å²) in [6.07, 6.45) is 2.25. The van der Waals surface area contributed by atoms with Gasteiger partial charge in [0.05, 0.1) is 17.5 Å². The van der Waals surface area contributed by atoms with Crippen molar-refractivity contribution >= 4 is 27.3 Å². The molecule has 0 spiro atoms. The van der Waals surface area contributed by atoms with E-state index in [-0.39, 0.29) is 29.9 Å². The predicted molar refractivity (Wildman–Crippen MR) is 144 cm³/mol. The van der Waals surface area contributed by atoms with E-state index in [1.165, 1.54) is 15.3 Å². The third kappa shape index (κ3) is 5.56. The van der Waals surface area contributed by atoms with Gasteiger partial charge >= 0.3 is 0 Å². The molecule has 0 saturated carbocycles. The van der Waals surface area contributed by atoms with Crippen LogP contribution in [-0.2, 0) is 21.2 Å². The van der Waals surface area contributed by atoms with Gasteiger partial charge in [-0.05, 0) is 68.0 Å². The maximum absolute atomic E-state index is 13.6. The molecule has 2 aromatic carbocycles. The summed E-state index contributed by atoms with van der Waals surface area (Å²) in [7, 11) is -3.86. The Morgan fingerprint density at radius 2 is 1.86 bits per heavy atom. The van der Waals surface area contributed by atoms with Crippen molar-refractivity contribution in [1.29, 1.82) is 0 Å². The number of carbonyl (C=O) groups excluding carboxylic acids is 1. The smallest absolute Gasteiger partial charge is 0.243 e. The lowest BCUT2D eigenvalue weighted by molar-refractivity contribution is -0.135. The highest BCUT2D eigenvalue weighted by Crippen LogP contribution is 2.34. The first kappa shape index (κ1) is 26.1. The number of amides is 1. The third-order valence-corrected chi connectivity index (χ3v) is 9.27. The molecule has 1 atom stereocenters. The van der Waals surface area contributed by atoms with Gasteiger partial charge in [-0.2, -0.15) is 4.31 Å². The molecule has 1 aromatic heterocycles. The number of sulfonamides is 1. The minimum absolute atomic E-state index is 0.0449. The minimum atomic E-state index is -3.86. The summed E-state index contributed by atoms with van der Waals surface area (Å²) in [4.78, 5) is 16.8. The fourth-order valence-corrected chi connectivity index (χ4v) is 6.79. The van der Waals surface area contributed by atoms with Gasteiger partial charge in [-0.15, -0.1) is 17.9 Å². The molecule has 3 aromatic rings. The standard InChI is InChI=1S/C28H32N2O4S2/c1-5-14-29(36(32,33)23-9-6-20(2)7-10-23)18-28(31)30-15-12-27-24(13-16-35-27)25(30)19-34-26-11-8-21(3)17-22(26)4/h5-11,13,16-17,25H,1,12,14-15,18-19H2,2-4H3/t25-/m0/s1. The molecule has 1 aliphatic rings. The molecule has 1 amide bonds. The van der Waals surface area contributed by atoms with Crippen LogP contribution < -0.4 is 4.74 Å². The number of rotatable bonds is 9. The second kappa shape index (κ2) is 11.0. The van der Waals surface area contributed by atoms with Crippen molar-refractivity contribution in [1.82, 2.24) is 9.21 Å². The SMILES string of the molecule is C=CCN(CC(=O)N1CCc2sccc2[C@@H]1COc1ccc(C)cc1C)S(=O)(=O)c1ccc(C)cc1. The first-order valence-electron chi connectivity index (χ1n) is 11.9. The quantitative estimate of drug-likeness (QED) is 0.367. The summed E-state index contributed by atoms with van der Waals surface area (Å²) >= 11 is 1.68. The summed E-state index contributed by atoms with van der Waals surface area (Å²) in [5.74, 6) is 0.532. The van der Waals surface area contributed by atoms with E-state index in [9.17, 15) is 13.2 Å². The Morgan fingerprint density at radius 3 is 2.56 bits per heavy atom. The van der Waals surface area contributed by atoms with Gasteiger partial charge in [0.1, 0.15) is 12.4 Å². The van der Waals surface area contributed by atoms with Crippen molar-refractivity contribution in [3.63, 3.8) is 0 Å². The fourth-order valence-electron chi connectivity index (χ4n) is 4.50. The molecule has 0 unspecified atom stereocenters. The lowest BCUT2D eigenvalue weighted by atomic mass is 10.0. The van der Waals surface area contributed by atoms with Gasteiger partial charge < -0.3 is 9.64 Å². The van der Waals surface area contributed by atoms with Crippen molar-refractivity contribution in [2.45, 2.75) is 38.1 Å². The predicted octanol–water partition coefficient (Wildman–Crippen LogP) is 5.06. The van der Waals surface area contributed by atoms with Crippen LogP contribution in [0.25, 0.3) is 0 Å². The van der Waals surface area contributed by atoms with E-state index in [1.807, 2.05) is 44.4 Å². The van der Waals surface area contributed by atoms with E-state index in [2.05, 4.69) is 12.6 Å². The van der Waals surface area contributed by atoms with Crippen LogP contribution in [0.3, 0.4) is 0 Å². The average Bonchev–Trinajstić information content (AvgIpc) is 3.32. The van der Waals surface area contributed by atoms with E-state index < -0.39 is 10.0 Å². The van der Waals surface area contributed by atoms with E-state index >= 15 is 0 Å². The van der Waals surface area contributed by atoms with Gasteiger partial charge in [0.15, 0.2) is 0 Å². The van der Waals surface area contributed by atoms with Crippen molar-refractivity contribution in [3.05, 3.63) is 93.7 Å². The largest absolute Gasteiger partial charge is 0.491 e. The topological polar surface area (TPSA) is 66.9 Å². The molecule has 0 radical (unpaired) electrons. The van der Waals surface area contributed by atoms with Crippen LogP contribution in [0.4, 0.5) is 0 Å². The van der Waals surface area contributed by atoms with Crippen molar-refractivity contribution in [2.24, 2.45) is 0 Å². The van der Waals surface area contributed by atoms with Crippen molar-refractivity contribution in [2.75, 3.05) is 26.2 Å². The van der Waals surface area contributed by atoms with E-state index in [0.29, 0.717) is 13.2 Å². The Kier molecular flexibility index (Phi) is 7.97. The summed E-state index contributed by atoms with van der Waals surface area (Å²) in [5.41, 5.74) is 4.23. The first-order valence-corrected chi connectivity index (χ1v) is 14.3. The van der Waals surface area contributed by atoms with Crippen LogP contribution in [0.15, 0.2) is 71.5 Å². The lowest BCUT2D eigenvalue weighted by Gasteiger charge is -2.37. The normalized spacial score (nSPS) is 15.6. The molecule has 6 nitrogen and oxygen atoms in total. The van der Waals surface area contributed by atoms with Crippen LogP contribution in [0.5, 0.6) is 5.75 Å². The lowest BCUT2D eigenvalue weighted by Crippen LogP contribution is -2.47. The fraction of sp³-hybridized carbons (Fsp3) is 0.321. The Morgan fingerprint density at radius 1 is 1.14 bits per heavy atom. The minimum Gasteiger partial charge on any atom is -0.491 e. The Labute approximate surface area is 217 Å². The molecule has 1 aliphatic heterocycles. The number of fused-ring (bicyclic) bond motifs is 1. The molecule has 0 bridgehead atoms. The molecular formula is C28H32N2O4S2. The van der Waals surface area contributed by atoms with Crippen molar-refractivity contribution < 1.29 is 17.9 Å². The van der Waals surface area contributed by atoms with Crippen LogP contribution in [0.1, 0.15) is 33.2 Å². The van der Waals surface area contributed by atoms with Gasteiger partial charge in [-0.3, -0.25) is 4.79 Å². The number of nitrogens with zero attached hydrogens (tertiary/aromatic N) is 2. The van der Waals surface area contributed by atoms with Gasteiger partial charge in [-0.1, -0.05) is 41.5 Å². The highest BCUT2D eigenvalue weighted by Gasteiger charge is 2.35. The first-order chi connectivity index (χ1) is 17.2. The van der Waals surface area contributed by atoms with E-state index in [0.717, 1.165) is 34.4 Å². The molecular weight excluding hydrogens is 492 g/mol.